The zero-order chi connectivity index (χ0) is 19.1. The lowest BCUT2D eigenvalue weighted by Gasteiger charge is -2.03. The highest BCUT2D eigenvalue weighted by atomic mass is 32.1. The van der Waals surface area contributed by atoms with E-state index < -0.39 is 0 Å². The fourth-order valence-electron chi connectivity index (χ4n) is 2.27. The van der Waals surface area contributed by atoms with Gasteiger partial charge in [0.15, 0.2) is 5.13 Å². The van der Waals surface area contributed by atoms with Crippen LogP contribution in [0.1, 0.15) is 18.2 Å². The van der Waals surface area contributed by atoms with Crippen molar-refractivity contribution in [2.45, 2.75) is 13.5 Å². The minimum absolute atomic E-state index is 0.0592. The smallest absolute Gasteiger partial charge is 0.250 e. The Morgan fingerprint density at radius 1 is 1.15 bits per heavy atom. The fourth-order valence-corrected chi connectivity index (χ4v) is 2.99. The van der Waals surface area contributed by atoms with Crippen molar-refractivity contribution in [1.29, 1.82) is 0 Å². The summed E-state index contributed by atoms with van der Waals surface area (Å²) in [4.78, 5) is 31.5. The lowest BCUT2D eigenvalue weighted by molar-refractivity contribution is -0.119. The Morgan fingerprint density at radius 3 is 2.67 bits per heavy atom. The molecule has 2 heterocycles. The number of anilines is 1. The number of hydrogen-bond donors (Lipinski definition) is 2. The minimum atomic E-state index is -0.257. The van der Waals surface area contributed by atoms with E-state index in [2.05, 4.69) is 20.6 Å². The topological polar surface area (TPSA) is 84.0 Å². The molecule has 1 aromatic carbocycles. The van der Waals surface area contributed by atoms with Gasteiger partial charge in [-0.15, -0.1) is 11.3 Å². The summed E-state index contributed by atoms with van der Waals surface area (Å²) in [6.45, 7) is 1.99. The molecule has 0 unspecified atom stereocenters. The quantitative estimate of drug-likeness (QED) is 0.643. The van der Waals surface area contributed by atoms with Gasteiger partial charge in [-0.25, -0.2) is 4.98 Å². The van der Waals surface area contributed by atoms with Gasteiger partial charge in [0.2, 0.25) is 11.8 Å². The van der Waals surface area contributed by atoms with Crippen molar-refractivity contribution in [3.63, 3.8) is 0 Å². The van der Waals surface area contributed by atoms with E-state index in [1.807, 2.05) is 47.8 Å². The number of amides is 2. The number of rotatable bonds is 6. The Kier molecular flexibility index (Phi) is 6.06. The SMILES string of the molecule is CC(=O)NCc1ccc(-c2csc(NC(=O)/C=C\c3ccccn3)n2)cc1. The molecule has 0 aliphatic carbocycles. The van der Waals surface area contributed by atoms with Crippen molar-refractivity contribution in [2.24, 2.45) is 0 Å². The molecule has 6 nitrogen and oxygen atoms in total. The molecular weight excluding hydrogens is 360 g/mol. The first kappa shape index (κ1) is 18.5. The second-order valence-corrected chi connectivity index (χ2v) is 6.58. The summed E-state index contributed by atoms with van der Waals surface area (Å²) in [7, 11) is 0. The highest BCUT2D eigenvalue weighted by Crippen LogP contribution is 2.25. The van der Waals surface area contributed by atoms with Gasteiger partial charge >= 0.3 is 0 Å². The van der Waals surface area contributed by atoms with Crippen LogP contribution in [0.4, 0.5) is 5.13 Å². The molecule has 2 aromatic heterocycles. The zero-order valence-electron chi connectivity index (χ0n) is 14.7. The predicted molar refractivity (Wildman–Crippen MR) is 107 cm³/mol. The molecule has 27 heavy (non-hydrogen) atoms. The Bertz CT molecular complexity index is 950. The van der Waals surface area contributed by atoms with Crippen molar-refractivity contribution >= 4 is 34.4 Å². The van der Waals surface area contributed by atoms with Crippen LogP contribution in [0.15, 0.2) is 60.1 Å². The van der Waals surface area contributed by atoms with Gasteiger partial charge in [-0.05, 0) is 23.8 Å². The van der Waals surface area contributed by atoms with Crippen LogP contribution in [-0.4, -0.2) is 21.8 Å². The molecule has 136 valence electrons. The largest absolute Gasteiger partial charge is 0.352 e. The van der Waals surface area contributed by atoms with E-state index >= 15 is 0 Å². The van der Waals surface area contributed by atoms with Gasteiger partial charge in [0.25, 0.3) is 0 Å². The molecular formula is C20H18N4O2S. The molecule has 3 aromatic rings. The van der Waals surface area contributed by atoms with Crippen molar-refractivity contribution in [1.82, 2.24) is 15.3 Å². The number of hydrogen-bond acceptors (Lipinski definition) is 5. The number of nitrogens with one attached hydrogen (secondary N) is 2. The number of carbonyl (C=O) groups is 2. The number of pyridine rings is 1. The molecule has 0 bridgehead atoms. The van der Waals surface area contributed by atoms with Crippen molar-refractivity contribution in [3.8, 4) is 11.3 Å². The van der Waals surface area contributed by atoms with Gasteiger partial charge < -0.3 is 5.32 Å². The lowest BCUT2D eigenvalue weighted by atomic mass is 10.1. The third-order valence-corrected chi connectivity index (χ3v) is 4.38. The molecule has 7 heteroatoms. The zero-order valence-corrected chi connectivity index (χ0v) is 15.5. The second kappa shape index (κ2) is 8.86. The van der Waals surface area contributed by atoms with E-state index in [0.29, 0.717) is 17.4 Å². The molecule has 0 saturated carbocycles. The van der Waals surface area contributed by atoms with Gasteiger partial charge in [-0.2, -0.15) is 0 Å². The van der Waals surface area contributed by atoms with Crippen molar-refractivity contribution in [3.05, 3.63) is 71.4 Å². The average molecular weight is 378 g/mol. The van der Waals surface area contributed by atoms with Crippen LogP contribution in [0, 0.1) is 0 Å². The molecule has 2 amide bonds. The standard InChI is InChI=1S/C20H18N4O2S/c1-14(25)22-12-15-5-7-16(8-6-15)18-13-27-20(23-18)24-19(26)10-9-17-4-2-3-11-21-17/h2-11,13H,12H2,1H3,(H,22,25)(H,23,24,26)/b10-9-. The van der Waals surface area contributed by atoms with E-state index in [1.54, 1.807) is 12.3 Å². The van der Waals surface area contributed by atoms with Crippen LogP contribution in [0.2, 0.25) is 0 Å². The van der Waals surface area contributed by atoms with E-state index in [9.17, 15) is 9.59 Å². The monoisotopic (exact) mass is 378 g/mol. The van der Waals surface area contributed by atoms with Crippen molar-refractivity contribution in [2.75, 3.05) is 5.32 Å². The van der Waals surface area contributed by atoms with Crippen LogP contribution in [0.25, 0.3) is 17.3 Å². The second-order valence-electron chi connectivity index (χ2n) is 5.72. The Morgan fingerprint density at radius 2 is 1.96 bits per heavy atom. The Hall–Kier alpha value is -3.32. The Labute approximate surface area is 161 Å². The van der Waals surface area contributed by atoms with Gasteiger partial charge in [0, 0.05) is 36.7 Å². The van der Waals surface area contributed by atoms with E-state index in [0.717, 1.165) is 16.8 Å². The molecule has 3 rings (SSSR count). The van der Waals surface area contributed by atoms with Gasteiger partial charge in [0.05, 0.1) is 11.4 Å². The van der Waals surface area contributed by atoms with Gasteiger partial charge in [0.1, 0.15) is 0 Å². The van der Waals surface area contributed by atoms with Crippen LogP contribution in [0.3, 0.4) is 0 Å². The third kappa shape index (κ3) is 5.58. The van der Waals surface area contributed by atoms with Gasteiger partial charge in [-0.1, -0.05) is 30.3 Å². The molecule has 0 aliphatic heterocycles. The molecule has 0 aliphatic rings. The maximum Gasteiger partial charge on any atom is 0.250 e. The Balaban J connectivity index is 1.60. The van der Waals surface area contributed by atoms with Crippen LogP contribution in [-0.2, 0) is 16.1 Å². The highest BCUT2D eigenvalue weighted by Gasteiger charge is 2.07. The summed E-state index contributed by atoms with van der Waals surface area (Å²) in [6, 6.07) is 13.3. The van der Waals surface area contributed by atoms with Gasteiger partial charge in [-0.3, -0.25) is 19.9 Å². The maximum absolute atomic E-state index is 12.0. The lowest BCUT2D eigenvalue weighted by Crippen LogP contribution is -2.18. The molecule has 0 radical (unpaired) electrons. The molecule has 0 fully saturated rings. The summed E-state index contributed by atoms with van der Waals surface area (Å²) in [5.74, 6) is -0.316. The minimum Gasteiger partial charge on any atom is -0.352 e. The number of thiazole rings is 1. The maximum atomic E-state index is 12.0. The average Bonchev–Trinajstić information content (AvgIpc) is 3.14. The fraction of sp³-hybridized carbons (Fsp3) is 0.100. The van der Waals surface area contributed by atoms with Crippen LogP contribution >= 0.6 is 11.3 Å². The number of benzene rings is 1. The first-order chi connectivity index (χ1) is 13.1. The number of aromatic nitrogens is 2. The highest BCUT2D eigenvalue weighted by molar-refractivity contribution is 7.14. The number of carbonyl (C=O) groups excluding carboxylic acids is 2. The van der Waals surface area contributed by atoms with Crippen LogP contribution in [0.5, 0.6) is 0 Å². The predicted octanol–water partition coefficient (Wildman–Crippen LogP) is 3.49. The summed E-state index contributed by atoms with van der Waals surface area (Å²) in [6.07, 6.45) is 4.75. The third-order valence-electron chi connectivity index (χ3n) is 3.62. The summed E-state index contributed by atoms with van der Waals surface area (Å²) in [5, 5.41) is 7.93. The van der Waals surface area contributed by atoms with E-state index in [1.165, 1.54) is 24.3 Å². The molecule has 0 atom stereocenters. The van der Waals surface area contributed by atoms with Crippen molar-refractivity contribution < 1.29 is 9.59 Å². The summed E-state index contributed by atoms with van der Waals surface area (Å²) >= 11 is 1.36. The normalized spacial score (nSPS) is 10.7. The van der Waals surface area contributed by atoms with Crippen LogP contribution < -0.4 is 10.6 Å². The molecule has 0 spiro atoms. The molecule has 0 saturated heterocycles. The molecule has 2 N–H and O–H groups in total. The summed E-state index contributed by atoms with van der Waals surface area (Å²) in [5.41, 5.74) is 3.46. The first-order valence-corrected chi connectivity index (χ1v) is 9.17. The van der Waals surface area contributed by atoms with E-state index in [4.69, 9.17) is 0 Å². The summed E-state index contributed by atoms with van der Waals surface area (Å²) < 4.78 is 0. The van der Waals surface area contributed by atoms with E-state index in [-0.39, 0.29) is 11.8 Å². The number of nitrogens with zero attached hydrogens (tertiary/aromatic N) is 2. The first-order valence-electron chi connectivity index (χ1n) is 8.29.